The number of hydrogen-bond acceptors (Lipinski definition) is 2. The summed E-state index contributed by atoms with van der Waals surface area (Å²) in [7, 11) is 0. The molecule has 0 aromatic heterocycles. The molecule has 2 aromatic carbocycles. The van der Waals surface area contributed by atoms with Crippen LogP contribution >= 0.6 is 11.8 Å². The molecule has 0 aliphatic rings. The van der Waals surface area contributed by atoms with Crippen LogP contribution in [0.3, 0.4) is 0 Å². The SMILES string of the molecule is Cc1cccc(CSCC(=O)Nc2cc(F)cc(F)c2)c1. The fraction of sp³-hybridized carbons (Fsp3) is 0.188. The zero-order valence-corrected chi connectivity index (χ0v) is 12.3. The van der Waals surface area contributed by atoms with Gasteiger partial charge in [-0.1, -0.05) is 29.8 Å². The summed E-state index contributed by atoms with van der Waals surface area (Å²) in [5, 5.41) is 2.48. The molecule has 2 nitrogen and oxygen atoms in total. The van der Waals surface area contributed by atoms with Gasteiger partial charge >= 0.3 is 0 Å². The van der Waals surface area contributed by atoms with E-state index in [9.17, 15) is 13.6 Å². The lowest BCUT2D eigenvalue weighted by Crippen LogP contribution is -2.14. The molecule has 0 unspecified atom stereocenters. The molecule has 21 heavy (non-hydrogen) atoms. The average Bonchev–Trinajstić information content (AvgIpc) is 2.37. The topological polar surface area (TPSA) is 29.1 Å². The quantitative estimate of drug-likeness (QED) is 0.899. The van der Waals surface area contributed by atoms with E-state index >= 15 is 0 Å². The van der Waals surface area contributed by atoms with Crippen molar-refractivity contribution >= 4 is 23.4 Å². The fourth-order valence-corrected chi connectivity index (χ4v) is 2.66. The number of rotatable bonds is 5. The van der Waals surface area contributed by atoms with Gasteiger partial charge in [-0.3, -0.25) is 4.79 Å². The van der Waals surface area contributed by atoms with E-state index < -0.39 is 11.6 Å². The van der Waals surface area contributed by atoms with Crippen LogP contribution in [0.15, 0.2) is 42.5 Å². The van der Waals surface area contributed by atoms with Crippen molar-refractivity contribution in [2.45, 2.75) is 12.7 Å². The first-order valence-corrected chi connectivity index (χ1v) is 7.57. The molecule has 0 saturated heterocycles. The minimum Gasteiger partial charge on any atom is -0.325 e. The van der Waals surface area contributed by atoms with Crippen molar-refractivity contribution in [1.29, 1.82) is 0 Å². The number of aryl methyl sites for hydroxylation is 1. The predicted octanol–water partition coefficient (Wildman–Crippen LogP) is 4.15. The molecule has 110 valence electrons. The van der Waals surface area contributed by atoms with Gasteiger partial charge in [0.1, 0.15) is 11.6 Å². The summed E-state index contributed by atoms with van der Waals surface area (Å²) in [5.74, 6) is -0.758. The highest BCUT2D eigenvalue weighted by Crippen LogP contribution is 2.16. The highest BCUT2D eigenvalue weighted by Gasteiger charge is 2.06. The molecule has 2 aromatic rings. The molecule has 0 bridgehead atoms. The highest BCUT2D eigenvalue weighted by molar-refractivity contribution is 7.99. The first-order chi connectivity index (χ1) is 10.0. The smallest absolute Gasteiger partial charge is 0.234 e. The lowest BCUT2D eigenvalue weighted by molar-refractivity contribution is -0.113. The van der Waals surface area contributed by atoms with Gasteiger partial charge in [-0.05, 0) is 24.6 Å². The Hall–Kier alpha value is -1.88. The molecule has 0 aliphatic heterocycles. The summed E-state index contributed by atoms with van der Waals surface area (Å²) in [4.78, 5) is 11.7. The Balaban J connectivity index is 1.82. The van der Waals surface area contributed by atoms with Gasteiger partial charge in [0.25, 0.3) is 0 Å². The Morgan fingerprint density at radius 3 is 2.52 bits per heavy atom. The number of anilines is 1. The third kappa shape index (κ3) is 5.19. The minimum absolute atomic E-state index is 0.133. The average molecular weight is 307 g/mol. The van der Waals surface area contributed by atoms with Crippen molar-refractivity contribution in [3.63, 3.8) is 0 Å². The number of carbonyl (C=O) groups excluding carboxylic acids is 1. The summed E-state index contributed by atoms with van der Waals surface area (Å²) in [6, 6.07) is 11.0. The largest absolute Gasteiger partial charge is 0.325 e. The van der Waals surface area contributed by atoms with Crippen LogP contribution < -0.4 is 5.32 Å². The Morgan fingerprint density at radius 2 is 1.86 bits per heavy atom. The van der Waals surface area contributed by atoms with Gasteiger partial charge in [-0.25, -0.2) is 8.78 Å². The van der Waals surface area contributed by atoms with Crippen LogP contribution in [0.2, 0.25) is 0 Å². The van der Waals surface area contributed by atoms with E-state index in [4.69, 9.17) is 0 Å². The number of halogens is 2. The van der Waals surface area contributed by atoms with Gasteiger partial charge in [-0.2, -0.15) is 0 Å². The fourth-order valence-electron chi connectivity index (χ4n) is 1.89. The number of carbonyl (C=O) groups is 1. The standard InChI is InChI=1S/C16H15F2NOS/c1-11-3-2-4-12(5-11)9-21-10-16(20)19-15-7-13(17)6-14(18)8-15/h2-8H,9-10H2,1H3,(H,19,20). The molecule has 2 rings (SSSR count). The molecule has 0 heterocycles. The molecule has 0 atom stereocenters. The van der Waals surface area contributed by atoms with Crippen LogP contribution in [-0.2, 0) is 10.5 Å². The molecule has 0 fully saturated rings. The number of amides is 1. The second-order valence-electron chi connectivity index (χ2n) is 4.69. The molecular weight excluding hydrogens is 292 g/mol. The van der Waals surface area contributed by atoms with Crippen LogP contribution in [0.1, 0.15) is 11.1 Å². The lowest BCUT2D eigenvalue weighted by Gasteiger charge is -2.06. The first-order valence-electron chi connectivity index (χ1n) is 6.42. The Kier molecular flexibility index (Phi) is 5.33. The van der Waals surface area contributed by atoms with Gasteiger partial charge in [0.05, 0.1) is 5.75 Å². The zero-order valence-electron chi connectivity index (χ0n) is 11.5. The van der Waals surface area contributed by atoms with Gasteiger partial charge in [0.15, 0.2) is 0 Å². The van der Waals surface area contributed by atoms with Crippen LogP contribution in [0.25, 0.3) is 0 Å². The predicted molar refractivity (Wildman–Crippen MR) is 82.3 cm³/mol. The number of hydrogen-bond donors (Lipinski definition) is 1. The lowest BCUT2D eigenvalue weighted by atomic mass is 10.2. The third-order valence-corrected chi connectivity index (χ3v) is 3.73. The molecule has 0 spiro atoms. The maximum atomic E-state index is 13.0. The van der Waals surface area contributed by atoms with E-state index in [1.165, 1.54) is 17.3 Å². The van der Waals surface area contributed by atoms with Crippen LogP contribution in [0.5, 0.6) is 0 Å². The van der Waals surface area contributed by atoms with E-state index in [0.29, 0.717) is 5.75 Å². The Bertz CT molecular complexity index is 626. The van der Waals surface area contributed by atoms with Crippen molar-refractivity contribution in [2.75, 3.05) is 11.1 Å². The van der Waals surface area contributed by atoms with Crippen molar-refractivity contribution in [1.82, 2.24) is 0 Å². The summed E-state index contributed by atoms with van der Waals surface area (Å²) >= 11 is 1.45. The normalized spacial score (nSPS) is 10.4. The second kappa shape index (κ2) is 7.22. The third-order valence-electron chi connectivity index (χ3n) is 2.73. The summed E-state index contributed by atoms with van der Waals surface area (Å²) in [5.41, 5.74) is 2.45. The number of benzene rings is 2. The maximum Gasteiger partial charge on any atom is 0.234 e. The van der Waals surface area contributed by atoms with Crippen LogP contribution in [-0.4, -0.2) is 11.7 Å². The minimum atomic E-state index is -0.710. The molecule has 0 radical (unpaired) electrons. The zero-order chi connectivity index (χ0) is 15.2. The Morgan fingerprint density at radius 1 is 1.14 bits per heavy atom. The van der Waals surface area contributed by atoms with E-state index in [0.717, 1.165) is 23.8 Å². The molecule has 0 aliphatic carbocycles. The highest BCUT2D eigenvalue weighted by atomic mass is 32.2. The monoisotopic (exact) mass is 307 g/mol. The molecular formula is C16H15F2NOS. The van der Waals surface area contributed by atoms with Crippen molar-refractivity contribution in [3.8, 4) is 0 Å². The van der Waals surface area contributed by atoms with Gasteiger partial charge in [0.2, 0.25) is 5.91 Å². The second-order valence-corrected chi connectivity index (χ2v) is 5.67. The van der Waals surface area contributed by atoms with E-state index in [-0.39, 0.29) is 17.3 Å². The molecule has 1 amide bonds. The summed E-state index contributed by atoms with van der Waals surface area (Å²) in [6.07, 6.45) is 0. The molecule has 5 heteroatoms. The molecule has 0 saturated carbocycles. The van der Waals surface area contributed by atoms with Crippen molar-refractivity contribution in [2.24, 2.45) is 0 Å². The van der Waals surface area contributed by atoms with Crippen molar-refractivity contribution < 1.29 is 13.6 Å². The van der Waals surface area contributed by atoms with Crippen LogP contribution in [0, 0.1) is 18.6 Å². The Labute approximate surface area is 126 Å². The van der Waals surface area contributed by atoms with E-state index in [1.54, 1.807) is 0 Å². The summed E-state index contributed by atoms with van der Waals surface area (Å²) < 4.78 is 26.0. The van der Waals surface area contributed by atoms with Crippen molar-refractivity contribution in [3.05, 3.63) is 65.2 Å². The van der Waals surface area contributed by atoms with E-state index in [1.807, 2.05) is 25.1 Å². The molecule has 1 N–H and O–H groups in total. The number of nitrogens with one attached hydrogen (secondary N) is 1. The first kappa shape index (κ1) is 15.5. The van der Waals surface area contributed by atoms with Crippen LogP contribution in [0.4, 0.5) is 14.5 Å². The maximum absolute atomic E-state index is 13.0. The van der Waals surface area contributed by atoms with Gasteiger partial charge in [-0.15, -0.1) is 11.8 Å². The number of thioether (sulfide) groups is 1. The van der Waals surface area contributed by atoms with Gasteiger partial charge < -0.3 is 5.32 Å². The van der Waals surface area contributed by atoms with Gasteiger partial charge in [0, 0.05) is 17.5 Å². The summed E-state index contributed by atoms with van der Waals surface area (Å²) in [6.45, 7) is 2.01. The van der Waals surface area contributed by atoms with E-state index in [2.05, 4.69) is 11.4 Å².